The van der Waals surface area contributed by atoms with Crippen molar-refractivity contribution < 1.29 is 0 Å². The Bertz CT molecular complexity index is 20.0. The van der Waals surface area contributed by atoms with Crippen molar-refractivity contribution in [3.05, 3.63) is 0 Å². The Balaban J connectivity index is 2.30. The van der Waals surface area contributed by atoms with E-state index in [0.29, 0.717) is 8.73 Å². The molecule has 24 valence electrons. The minimum Gasteiger partial charge on any atom is -0.281 e. The van der Waals surface area contributed by atoms with Crippen LogP contribution < -0.4 is 0 Å². The van der Waals surface area contributed by atoms with E-state index in [2.05, 4.69) is 11.5 Å². The maximum absolute atomic E-state index is 3.51. The van der Waals surface area contributed by atoms with Crippen LogP contribution in [0.5, 0.6) is 0 Å². The fourth-order valence-corrected chi connectivity index (χ4v) is 0. The molecule has 1 nitrogen and oxygen atoms in total. The van der Waals surface area contributed by atoms with Gasteiger partial charge in [0.2, 0.25) is 0 Å². The standard InChI is InChI=1S/C2H6NP/c1-3-4-2/h4H,1H2,2H3. The van der Waals surface area contributed by atoms with Gasteiger partial charge in [0, 0.05) is 0 Å². The third-order valence-corrected chi connectivity index (χ3v) is 0.474. The molecule has 0 aliphatic rings. The van der Waals surface area contributed by atoms with Crippen LogP contribution in [-0.2, 0) is 0 Å². The van der Waals surface area contributed by atoms with Crippen LogP contribution in [0.4, 0.5) is 0 Å². The van der Waals surface area contributed by atoms with Gasteiger partial charge >= 0.3 is 0 Å². The second kappa shape index (κ2) is 3.10. The Labute approximate surface area is 28.0 Å². The lowest BCUT2D eigenvalue weighted by Crippen LogP contribution is -1.23. The molecule has 0 aromatic carbocycles. The van der Waals surface area contributed by atoms with E-state index in [1.807, 2.05) is 6.66 Å². The number of rotatable bonds is 1. The van der Waals surface area contributed by atoms with Crippen molar-refractivity contribution in [3.63, 3.8) is 0 Å². The summed E-state index contributed by atoms with van der Waals surface area (Å²) in [6.45, 7) is 5.22. The molecule has 1 unspecified atom stereocenters. The molecule has 0 amide bonds. The highest BCUT2D eigenvalue weighted by Crippen LogP contribution is 1.97. The van der Waals surface area contributed by atoms with Crippen molar-refractivity contribution in [1.82, 2.24) is 0 Å². The number of nitrogens with zero attached hydrogens (tertiary/aromatic N) is 1. The van der Waals surface area contributed by atoms with Crippen molar-refractivity contribution in [2.45, 2.75) is 0 Å². The highest BCUT2D eigenvalue weighted by molar-refractivity contribution is 7.35. The summed E-state index contributed by atoms with van der Waals surface area (Å²) in [4.78, 5) is 0. The zero-order valence-electron chi connectivity index (χ0n) is 2.65. The number of hydrogen-bond acceptors (Lipinski definition) is 1. The SMILES string of the molecule is C=NPC. The molecule has 0 spiro atoms. The van der Waals surface area contributed by atoms with Crippen LogP contribution in [0.3, 0.4) is 0 Å². The van der Waals surface area contributed by atoms with Gasteiger partial charge in [0.25, 0.3) is 0 Å². The third kappa shape index (κ3) is 2.10. The molecule has 0 aromatic heterocycles. The van der Waals surface area contributed by atoms with Crippen LogP contribution in [-0.4, -0.2) is 13.4 Å². The maximum atomic E-state index is 3.51. The average Bonchev–Trinajstić information content (AvgIpc) is 1.37. The van der Waals surface area contributed by atoms with E-state index in [0.717, 1.165) is 0 Å². The Morgan fingerprint density at radius 3 is 2.25 bits per heavy atom. The van der Waals surface area contributed by atoms with E-state index in [4.69, 9.17) is 0 Å². The van der Waals surface area contributed by atoms with Gasteiger partial charge in [-0.15, -0.1) is 0 Å². The molecule has 0 heterocycles. The van der Waals surface area contributed by atoms with Crippen LogP contribution in [0.25, 0.3) is 0 Å². The third-order valence-electron chi connectivity index (χ3n) is 0.158. The van der Waals surface area contributed by atoms with Gasteiger partial charge in [-0.25, -0.2) is 0 Å². The molecule has 0 bridgehead atoms. The molecule has 0 fully saturated rings. The molecule has 2 heteroatoms. The molecule has 0 aliphatic heterocycles. The number of hydrogen-bond donors (Lipinski definition) is 0. The summed E-state index contributed by atoms with van der Waals surface area (Å²) in [5.74, 6) is 0. The van der Waals surface area contributed by atoms with Crippen molar-refractivity contribution in [1.29, 1.82) is 0 Å². The lowest BCUT2D eigenvalue weighted by atomic mass is 11.8. The van der Waals surface area contributed by atoms with E-state index < -0.39 is 0 Å². The fraction of sp³-hybridized carbons (Fsp3) is 0.500. The van der Waals surface area contributed by atoms with Crippen LogP contribution in [0.15, 0.2) is 4.76 Å². The Hall–Kier alpha value is 0.100. The molecule has 0 radical (unpaired) electrons. The Morgan fingerprint density at radius 1 is 2.00 bits per heavy atom. The molecule has 0 aromatic rings. The maximum Gasteiger partial charge on any atom is -0.00291 e. The van der Waals surface area contributed by atoms with E-state index >= 15 is 0 Å². The molecule has 0 N–H and O–H groups in total. The summed E-state index contributed by atoms with van der Waals surface area (Å²) < 4.78 is 3.51. The first-order chi connectivity index (χ1) is 1.91. The molecular weight excluding hydrogens is 69.0 g/mol. The van der Waals surface area contributed by atoms with Gasteiger partial charge < -0.3 is 0 Å². The molecule has 0 rings (SSSR count). The van der Waals surface area contributed by atoms with Crippen LogP contribution >= 0.6 is 8.73 Å². The summed E-state index contributed by atoms with van der Waals surface area (Å²) >= 11 is 0. The second-order valence-electron chi connectivity index (χ2n) is 0.382. The average molecular weight is 75.1 g/mol. The zero-order chi connectivity index (χ0) is 3.41. The van der Waals surface area contributed by atoms with Gasteiger partial charge in [0.05, 0.1) is 0 Å². The normalized spacial score (nSPS) is 9.25. The summed E-state index contributed by atoms with van der Waals surface area (Å²) in [5, 5.41) is 0. The van der Waals surface area contributed by atoms with E-state index in [-0.39, 0.29) is 0 Å². The van der Waals surface area contributed by atoms with Crippen molar-refractivity contribution in [3.8, 4) is 0 Å². The predicted molar refractivity (Wildman–Crippen MR) is 23.8 cm³/mol. The van der Waals surface area contributed by atoms with Gasteiger partial charge in [0.1, 0.15) is 0 Å². The first kappa shape index (κ1) is 4.10. The van der Waals surface area contributed by atoms with Gasteiger partial charge in [-0.05, 0) is 22.1 Å². The van der Waals surface area contributed by atoms with Crippen LogP contribution in [0.1, 0.15) is 0 Å². The van der Waals surface area contributed by atoms with Crippen molar-refractivity contribution in [2.75, 3.05) is 6.66 Å². The molecule has 4 heavy (non-hydrogen) atoms. The Morgan fingerprint density at radius 2 is 2.25 bits per heavy atom. The highest BCUT2D eigenvalue weighted by Gasteiger charge is 1.42. The van der Waals surface area contributed by atoms with E-state index in [1.54, 1.807) is 0 Å². The van der Waals surface area contributed by atoms with Gasteiger partial charge in [-0.3, -0.25) is 4.76 Å². The van der Waals surface area contributed by atoms with Gasteiger partial charge in [-0.1, -0.05) is 0 Å². The topological polar surface area (TPSA) is 12.4 Å². The Kier molecular flexibility index (Phi) is 3.18. The minimum atomic E-state index is 0.654. The van der Waals surface area contributed by atoms with E-state index in [9.17, 15) is 0 Å². The van der Waals surface area contributed by atoms with Gasteiger partial charge in [0.15, 0.2) is 0 Å². The summed E-state index contributed by atoms with van der Waals surface area (Å²) in [7, 11) is 0.654. The van der Waals surface area contributed by atoms with Gasteiger partial charge in [-0.2, -0.15) is 0 Å². The lowest BCUT2D eigenvalue weighted by Gasteiger charge is -1.61. The molecule has 0 saturated heterocycles. The van der Waals surface area contributed by atoms with Crippen LogP contribution in [0.2, 0.25) is 0 Å². The first-order valence-electron chi connectivity index (χ1n) is 1.04. The lowest BCUT2D eigenvalue weighted by molar-refractivity contribution is 1.99. The first-order valence-corrected chi connectivity index (χ1v) is 2.49. The minimum absolute atomic E-state index is 0.654. The largest absolute Gasteiger partial charge is 0.281 e. The molecule has 1 atom stereocenters. The predicted octanol–water partition coefficient (Wildman–Crippen LogP) is 0.910. The van der Waals surface area contributed by atoms with Crippen molar-refractivity contribution >= 4 is 15.4 Å². The fourth-order valence-electron chi connectivity index (χ4n) is 0. The highest BCUT2D eigenvalue weighted by atomic mass is 31.1. The summed E-state index contributed by atoms with van der Waals surface area (Å²) in [6, 6.07) is 0. The second-order valence-corrected chi connectivity index (χ2v) is 1.15. The molecular formula is C2H6NP. The molecule has 0 saturated carbocycles. The van der Waals surface area contributed by atoms with Crippen molar-refractivity contribution in [2.24, 2.45) is 4.76 Å². The van der Waals surface area contributed by atoms with Crippen LogP contribution in [0, 0.1) is 0 Å². The smallest absolute Gasteiger partial charge is 0.00291 e. The molecule has 0 aliphatic carbocycles. The summed E-state index contributed by atoms with van der Waals surface area (Å²) in [5.41, 5.74) is 0. The van der Waals surface area contributed by atoms with E-state index in [1.165, 1.54) is 0 Å². The quantitative estimate of drug-likeness (QED) is 0.324. The monoisotopic (exact) mass is 75.0 g/mol. The summed E-state index contributed by atoms with van der Waals surface area (Å²) in [6.07, 6.45) is 0. The zero-order valence-corrected chi connectivity index (χ0v) is 3.65.